The third-order valence-corrected chi connectivity index (χ3v) is 9.77. The van der Waals surface area contributed by atoms with Crippen molar-refractivity contribution in [1.29, 1.82) is 0 Å². The zero-order valence-corrected chi connectivity index (χ0v) is 40.3. The lowest BCUT2D eigenvalue weighted by atomic mass is 10.1. The first-order chi connectivity index (χ1) is 33.1. The van der Waals surface area contributed by atoms with Crippen LogP contribution in [0.15, 0.2) is 91.0 Å². The highest BCUT2D eigenvalue weighted by atomic mass is 16.7. The molecule has 0 aliphatic heterocycles. The van der Waals surface area contributed by atoms with Gasteiger partial charge in [-0.3, -0.25) is 24.0 Å². The average Bonchev–Trinajstić information content (AvgIpc) is 3.31. The van der Waals surface area contributed by atoms with Gasteiger partial charge in [0.25, 0.3) is 5.79 Å². The molecule has 0 heterocycles. The molecule has 9 atom stereocenters. The molecule has 3 aromatic rings. The smallest absolute Gasteiger partial charge is 0.366 e. The van der Waals surface area contributed by atoms with Crippen LogP contribution in [0.3, 0.4) is 0 Å². The van der Waals surface area contributed by atoms with Gasteiger partial charge in [0.15, 0.2) is 24.5 Å². The van der Waals surface area contributed by atoms with Crippen LogP contribution in [0.1, 0.15) is 92.9 Å². The molecular weight excluding hydrogens is 923 g/mol. The van der Waals surface area contributed by atoms with Crippen molar-refractivity contribution in [2.75, 3.05) is 26.9 Å². The molecule has 3 unspecified atom stereocenters. The van der Waals surface area contributed by atoms with E-state index in [0.717, 1.165) is 41.7 Å². The van der Waals surface area contributed by atoms with Crippen LogP contribution in [0, 0.1) is 0 Å². The summed E-state index contributed by atoms with van der Waals surface area (Å²) in [6.07, 6.45) is -12.8. The van der Waals surface area contributed by atoms with Crippen molar-refractivity contribution in [2.24, 2.45) is 0 Å². The minimum atomic E-state index is -2.84. The van der Waals surface area contributed by atoms with Crippen LogP contribution in [0.4, 0.5) is 0 Å². The van der Waals surface area contributed by atoms with Crippen LogP contribution >= 0.6 is 0 Å². The standard InChI is InChI=1S/C49H59NO20/c1-29(64-40(26-62-45(56)37-19-13-10-14-20-37)30(2)65-46(57)38-21-15-11-16-22-38)41(69-47(58)39-23-17-12-18-24-39)28-63-49(48(59)60-9,25-43(50-32(4)51)67-35(7)54)70-31(3)44(68-36(8)55)42(66-34(6)53)27-61-33(5)52/h10-24,29-31,40-44H,25-28H2,1-9H3,(H,50,51)/t29?,30-,31-,40?,41+,42-,43-,44+,49?/m1/s1. The van der Waals surface area contributed by atoms with E-state index in [1.54, 1.807) is 54.6 Å². The van der Waals surface area contributed by atoms with Gasteiger partial charge in [-0.05, 0) is 57.2 Å². The maximum Gasteiger partial charge on any atom is 0.366 e. The number of amides is 1. The van der Waals surface area contributed by atoms with Crippen molar-refractivity contribution < 1.29 is 95.3 Å². The van der Waals surface area contributed by atoms with Crippen molar-refractivity contribution in [1.82, 2.24) is 5.32 Å². The first kappa shape index (κ1) is 57.1. The summed E-state index contributed by atoms with van der Waals surface area (Å²) >= 11 is 0. The Kier molecular flexibility index (Phi) is 23.1. The molecule has 21 nitrogen and oxygen atoms in total. The Morgan fingerprint density at radius 3 is 1.46 bits per heavy atom. The van der Waals surface area contributed by atoms with Gasteiger partial charge in [-0.1, -0.05) is 54.6 Å². The SMILES string of the molecule is COC(=O)C(C[C@H](NC(C)=O)OC(C)=O)(OC[C@H](OC(=O)c1ccccc1)C(C)OC(COC(=O)c1ccccc1)[C@@H](C)OC(=O)c1ccccc1)O[C@H](C)[C@H](OC(C)=O)[C@@H](COC(C)=O)OC(C)=O. The number of benzene rings is 3. The highest BCUT2D eigenvalue weighted by molar-refractivity contribution is 5.90. The number of rotatable bonds is 27. The van der Waals surface area contributed by atoms with Crippen LogP contribution in [-0.4, -0.2) is 135 Å². The molecule has 0 aliphatic rings. The Morgan fingerprint density at radius 1 is 0.500 bits per heavy atom. The average molecular weight is 982 g/mol. The summed E-state index contributed by atoms with van der Waals surface area (Å²) in [4.78, 5) is 116. The van der Waals surface area contributed by atoms with E-state index in [-0.39, 0.29) is 16.7 Å². The van der Waals surface area contributed by atoms with Gasteiger partial charge in [0.1, 0.15) is 25.4 Å². The quantitative estimate of drug-likeness (QED) is 0.0636. The molecule has 21 heteroatoms. The third-order valence-electron chi connectivity index (χ3n) is 9.77. The zero-order chi connectivity index (χ0) is 52.0. The van der Waals surface area contributed by atoms with Crippen LogP contribution in [0.25, 0.3) is 0 Å². The normalized spacial score (nSPS) is 15.2. The summed E-state index contributed by atoms with van der Waals surface area (Å²) in [5.41, 5.74) is 0.468. The molecule has 1 amide bonds. The second-order valence-electron chi connectivity index (χ2n) is 15.5. The van der Waals surface area contributed by atoms with Gasteiger partial charge in [-0.15, -0.1) is 0 Å². The van der Waals surface area contributed by atoms with E-state index in [2.05, 4.69) is 5.32 Å². The Balaban J connectivity index is 2.18. The lowest BCUT2D eigenvalue weighted by Crippen LogP contribution is -2.57. The van der Waals surface area contributed by atoms with E-state index in [9.17, 15) is 43.2 Å². The predicted octanol–water partition coefficient (Wildman–Crippen LogP) is 4.22. The second kappa shape index (κ2) is 28.3. The molecule has 0 bridgehead atoms. The first-order valence-corrected chi connectivity index (χ1v) is 21.9. The van der Waals surface area contributed by atoms with Gasteiger partial charge >= 0.3 is 47.8 Å². The second-order valence-corrected chi connectivity index (χ2v) is 15.5. The maximum absolute atomic E-state index is 14.2. The Hall–Kier alpha value is -7.23. The van der Waals surface area contributed by atoms with E-state index < -0.39 is 135 Å². The monoisotopic (exact) mass is 981 g/mol. The predicted molar refractivity (Wildman–Crippen MR) is 241 cm³/mol. The first-order valence-electron chi connectivity index (χ1n) is 21.9. The summed E-state index contributed by atoms with van der Waals surface area (Å²) in [5, 5.41) is 2.37. The molecule has 1 N–H and O–H groups in total. The van der Waals surface area contributed by atoms with Gasteiger partial charge < -0.3 is 57.4 Å². The molecule has 0 spiro atoms. The number of hydrogen-bond donors (Lipinski definition) is 1. The van der Waals surface area contributed by atoms with Gasteiger partial charge in [0.05, 0.1) is 49.0 Å². The number of carbonyl (C=O) groups is 9. The Labute approximate surface area is 404 Å². The fourth-order valence-corrected chi connectivity index (χ4v) is 6.53. The van der Waals surface area contributed by atoms with Gasteiger partial charge in [-0.25, -0.2) is 19.2 Å². The minimum absolute atomic E-state index is 0.0661. The van der Waals surface area contributed by atoms with E-state index in [4.69, 9.17) is 52.1 Å². The van der Waals surface area contributed by atoms with Crippen LogP contribution in [-0.2, 0) is 80.9 Å². The van der Waals surface area contributed by atoms with Crippen LogP contribution in [0.2, 0.25) is 0 Å². The topological polar surface area (TPSA) is 267 Å². The molecule has 0 aliphatic carbocycles. The van der Waals surface area contributed by atoms with Gasteiger partial charge in [0, 0.05) is 34.6 Å². The van der Waals surface area contributed by atoms with Crippen LogP contribution in [0.5, 0.6) is 0 Å². The molecule has 0 radical (unpaired) electrons. The Bertz CT molecular complexity index is 2210. The van der Waals surface area contributed by atoms with Gasteiger partial charge in [0.2, 0.25) is 5.91 Å². The molecule has 3 aromatic carbocycles. The van der Waals surface area contributed by atoms with E-state index in [1.165, 1.54) is 57.2 Å². The van der Waals surface area contributed by atoms with E-state index in [0.29, 0.717) is 0 Å². The fourth-order valence-electron chi connectivity index (χ4n) is 6.53. The Morgan fingerprint density at radius 2 is 0.986 bits per heavy atom. The third kappa shape index (κ3) is 19.0. The molecule has 380 valence electrons. The number of nitrogens with one attached hydrogen (secondary N) is 1. The van der Waals surface area contributed by atoms with Crippen molar-refractivity contribution in [3.05, 3.63) is 108 Å². The number of ether oxygens (including phenoxy) is 11. The lowest BCUT2D eigenvalue weighted by Gasteiger charge is -2.39. The van der Waals surface area contributed by atoms with E-state index in [1.807, 2.05) is 0 Å². The van der Waals surface area contributed by atoms with Crippen molar-refractivity contribution in [2.45, 2.75) is 117 Å². The van der Waals surface area contributed by atoms with Crippen LogP contribution < -0.4 is 5.32 Å². The molecular formula is C49H59NO20. The summed E-state index contributed by atoms with van der Waals surface area (Å²) < 4.78 is 62.8. The summed E-state index contributed by atoms with van der Waals surface area (Å²) in [7, 11) is 0.942. The minimum Gasteiger partial charge on any atom is -0.465 e. The van der Waals surface area contributed by atoms with Crippen molar-refractivity contribution in [3.8, 4) is 0 Å². The zero-order valence-electron chi connectivity index (χ0n) is 40.3. The van der Waals surface area contributed by atoms with Crippen molar-refractivity contribution in [3.63, 3.8) is 0 Å². The van der Waals surface area contributed by atoms with E-state index >= 15 is 0 Å². The molecule has 3 rings (SSSR count). The molecule has 0 aromatic heterocycles. The number of esters is 8. The summed E-state index contributed by atoms with van der Waals surface area (Å²) in [6, 6.07) is 23.7. The highest BCUT2D eigenvalue weighted by Crippen LogP contribution is 2.30. The number of hydrogen-bond acceptors (Lipinski definition) is 20. The summed E-state index contributed by atoms with van der Waals surface area (Å²) in [6.45, 7) is 7.35. The largest absolute Gasteiger partial charge is 0.465 e. The number of carbonyl (C=O) groups excluding carboxylic acids is 9. The molecule has 0 saturated carbocycles. The molecule has 0 saturated heterocycles. The number of methoxy groups -OCH3 is 1. The lowest BCUT2D eigenvalue weighted by molar-refractivity contribution is -0.292. The molecule has 0 fully saturated rings. The maximum atomic E-state index is 14.2. The fraction of sp³-hybridized carbons (Fsp3) is 0.449. The van der Waals surface area contributed by atoms with Crippen molar-refractivity contribution >= 4 is 53.7 Å². The highest BCUT2D eigenvalue weighted by Gasteiger charge is 2.51. The molecule has 70 heavy (non-hydrogen) atoms. The summed E-state index contributed by atoms with van der Waals surface area (Å²) in [5.74, 6) is -10.9. The van der Waals surface area contributed by atoms with Gasteiger partial charge in [-0.2, -0.15) is 0 Å².